The van der Waals surface area contributed by atoms with E-state index in [9.17, 15) is 0 Å². The van der Waals surface area contributed by atoms with Gasteiger partial charge in [0.15, 0.2) is 11.6 Å². The first-order valence-corrected chi connectivity index (χ1v) is 9.03. The average Bonchev–Trinajstić information content (AvgIpc) is 3.20. The second kappa shape index (κ2) is 6.50. The predicted molar refractivity (Wildman–Crippen MR) is 98.6 cm³/mol. The van der Waals surface area contributed by atoms with Crippen molar-refractivity contribution in [2.24, 2.45) is 17.5 Å². The fourth-order valence-electron chi connectivity index (χ4n) is 3.99. The normalized spacial score (nSPS) is 19.4. The van der Waals surface area contributed by atoms with Gasteiger partial charge >= 0.3 is 0 Å². The molecule has 2 aromatic rings. The molecule has 0 amide bonds. The molecule has 2 aromatic heterocycles. The fraction of sp³-hybridized carbons (Fsp3) is 0.647. The first-order chi connectivity index (χ1) is 12.2. The van der Waals surface area contributed by atoms with E-state index in [-0.39, 0.29) is 0 Å². The lowest BCUT2D eigenvalue weighted by Gasteiger charge is -2.38. The molecule has 25 heavy (non-hydrogen) atoms. The van der Waals surface area contributed by atoms with Crippen molar-refractivity contribution < 1.29 is 0 Å². The Labute approximate surface area is 147 Å². The highest BCUT2D eigenvalue weighted by Crippen LogP contribution is 2.47. The van der Waals surface area contributed by atoms with Crippen LogP contribution in [0, 0.1) is 5.41 Å². The molecular formula is C17H26N8. The maximum Gasteiger partial charge on any atom is 0.193 e. The van der Waals surface area contributed by atoms with Gasteiger partial charge in [0.05, 0.1) is 11.6 Å². The van der Waals surface area contributed by atoms with Crippen LogP contribution in [0.25, 0.3) is 11.0 Å². The molecule has 4 rings (SSSR count). The second-order valence-electron chi connectivity index (χ2n) is 7.15. The number of aromatic nitrogens is 4. The minimum absolute atomic E-state index is 0.586. The monoisotopic (exact) mass is 342 g/mol. The number of aliphatic imine (C=N–C) groups is 1. The van der Waals surface area contributed by atoms with Crippen LogP contribution in [0.3, 0.4) is 0 Å². The summed E-state index contributed by atoms with van der Waals surface area (Å²) in [4.78, 5) is 15.4. The Morgan fingerprint density at radius 1 is 1.28 bits per heavy atom. The minimum Gasteiger partial charge on any atom is -0.368 e. The summed E-state index contributed by atoms with van der Waals surface area (Å²) in [6, 6.07) is 0. The van der Waals surface area contributed by atoms with Gasteiger partial charge in [0.25, 0.3) is 0 Å². The second-order valence-corrected chi connectivity index (χ2v) is 7.15. The zero-order chi connectivity index (χ0) is 17.3. The molecule has 0 aromatic carbocycles. The third kappa shape index (κ3) is 3.01. The number of fused-ring (bicyclic) bond motifs is 1. The van der Waals surface area contributed by atoms with Crippen LogP contribution in [0.5, 0.6) is 0 Å². The smallest absolute Gasteiger partial charge is 0.193 e. The van der Waals surface area contributed by atoms with E-state index in [1.165, 1.54) is 25.7 Å². The highest BCUT2D eigenvalue weighted by molar-refractivity contribution is 5.86. The van der Waals surface area contributed by atoms with Gasteiger partial charge in [0.1, 0.15) is 12.1 Å². The largest absolute Gasteiger partial charge is 0.368 e. The molecule has 8 heteroatoms. The highest BCUT2D eigenvalue weighted by Gasteiger charge is 2.43. The summed E-state index contributed by atoms with van der Waals surface area (Å²) in [5, 5.41) is 12.0. The molecule has 1 spiro atoms. The number of likely N-dealkylation sites (tertiary alicyclic amines) is 1. The molecule has 8 nitrogen and oxygen atoms in total. The zero-order valence-electron chi connectivity index (χ0n) is 15.0. The van der Waals surface area contributed by atoms with Gasteiger partial charge in [0.2, 0.25) is 0 Å². The topological polar surface area (TPSA) is 83.3 Å². The van der Waals surface area contributed by atoms with Gasteiger partial charge in [-0.3, -0.25) is 9.67 Å². The first kappa shape index (κ1) is 16.1. The van der Waals surface area contributed by atoms with Crippen molar-refractivity contribution in [2.45, 2.75) is 25.7 Å². The summed E-state index contributed by atoms with van der Waals surface area (Å²) in [6.45, 7) is 3.83. The van der Waals surface area contributed by atoms with Crippen molar-refractivity contribution in [3.05, 3.63) is 12.5 Å². The third-order valence-corrected chi connectivity index (χ3v) is 5.59. The van der Waals surface area contributed by atoms with E-state index < -0.39 is 0 Å². The van der Waals surface area contributed by atoms with Crippen molar-refractivity contribution in [2.75, 3.05) is 38.5 Å². The van der Waals surface area contributed by atoms with E-state index >= 15 is 0 Å². The standard InChI is InChI=1S/C17H26N8/c1-18-16(25-9-6-17(11-25)4-3-5-17)20-8-7-19-14-13-10-23-24(2)15(13)22-12-21-14/h10,12H,3-9,11H2,1-2H3,(H,18,20)(H,19,21,22). The van der Waals surface area contributed by atoms with E-state index in [2.05, 4.69) is 35.6 Å². The Morgan fingerprint density at radius 3 is 2.88 bits per heavy atom. The number of nitrogens with zero attached hydrogens (tertiary/aromatic N) is 6. The van der Waals surface area contributed by atoms with Crippen molar-refractivity contribution in [3.63, 3.8) is 0 Å². The fourth-order valence-corrected chi connectivity index (χ4v) is 3.99. The molecule has 2 fully saturated rings. The molecule has 0 radical (unpaired) electrons. The van der Waals surface area contributed by atoms with Gasteiger partial charge in [0, 0.05) is 40.3 Å². The van der Waals surface area contributed by atoms with E-state index in [1.807, 2.05) is 14.1 Å². The highest BCUT2D eigenvalue weighted by atomic mass is 15.3. The van der Waals surface area contributed by atoms with Crippen LogP contribution in [-0.4, -0.2) is 63.8 Å². The molecule has 1 aliphatic heterocycles. The summed E-state index contributed by atoms with van der Waals surface area (Å²) in [5.41, 5.74) is 1.42. The number of hydrogen-bond donors (Lipinski definition) is 2. The molecular weight excluding hydrogens is 316 g/mol. The van der Waals surface area contributed by atoms with Crippen molar-refractivity contribution in [1.29, 1.82) is 0 Å². The van der Waals surface area contributed by atoms with Crippen LogP contribution < -0.4 is 10.6 Å². The van der Waals surface area contributed by atoms with Crippen LogP contribution in [0.15, 0.2) is 17.5 Å². The van der Waals surface area contributed by atoms with E-state index in [4.69, 9.17) is 0 Å². The first-order valence-electron chi connectivity index (χ1n) is 9.03. The van der Waals surface area contributed by atoms with Gasteiger partial charge < -0.3 is 15.5 Å². The Kier molecular flexibility index (Phi) is 4.19. The number of rotatable bonds is 4. The lowest BCUT2D eigenvalue weighted by Crippen LogP contribution is -2.43. The zero-order valence-corrected chi connectivity index (χ0v) is 15.0. The van der Waals surface area contributed by atoms with E-state index in [1.54, 1.807) is 17.2 Å². The quantitative estimate of drug-likeness (QED) is 0.494. The van der Waals surface area contributed by atoms with E-state index in [0.29, 0.717) is 5.41 Å². The lowest BCUT2D eigenvalue weighted by atomic mass is 9.68. The minimum atomic E-state index is 0.586. The summed E-state index contributed by atoms with van der Waals surface area (Å²) in [5.74, 6) is 1.84. The van der Waals surface area contributed by atoms with E-state index in [0.717, 1.165) is 49.0 Å². The van der Waals surface area contributed by atoms with Crippen LogP contribution in [0.1, 0.15) is 25.7 Å². The Hall–Kier alpha value is -2.38. The van der Waals surface area contributed by atoms with Crippen LogP contribution >= 0.6 is 0 Å². The Morgan fingerprint density at radius 2 is 2.16 bits per heavy atom. The number of guanidine groups is 1. The van der Waals surface area contributed by atoms with Gasteiger partial charge in [-0.15, -0.1) is 0 Å². The lowest BCUT2D eigenvalue weighted by molar-refractivity contribution is 0.151. The predicted octanol–water partition coefficient (Wildman–Crippen LogP) is 1.23. The van der Waals surface area contributed by atoms with Crippen molar-refractivity contribution in [3.8, 4) is 0 Å². The molecule has 2 N–H and O–H groups in total. The molecule has 0 bridgehead atoms. The molecule has 1 aliphatic carbocycles. The number of nitrogens with one attached hydrogen (secondary N) is 2. The number of hydrogen-bond acceptors (Lipinski definition) is 5. The SMILES string of the molecule is CN=C(NCCNc1ncnc2c1cnn2C)N1CCC2(CCC2)C1. The van der Waals surface area contributed by atoms with Gasteiger partial charge in [-0.2, -0.15) is 5.10 Å². The van der Waals surface area contributed by atoms with Crippen molar-refractivity contribution in [1.82, 2.24) is 30.0 Å². The summed E-state index contributed by atoms with van der Waals surface area (Å²) in [6.07, 6.45) is 8.85. The maximum absolute atomic E-state index is 4.46. The summed E-state index contributed by atoms with van der Waals surface area (Å²) < 4.78 is 1.76. The van der Waals surface area contributed by atoms with Crippen LogP contribution in [0.4, 0.5) is 5.82 Å². The molecule has 0 unspecified atom stereocenters. The molecule has 134 valence electrons. The molecule has 1 saturated heterocycles. The average molecular weight is 342 g/mol. The maximum atomic E-state index is 4.46. The number of anilines is 1. The van der Waals surface area contributed by atoms with Crippen LogP contribution in [0.2, 0.25) is 0 Å². The summed E-state index contributed by atoms with van der Waals surface area (Å²) >= 11 is 0. The Balaban J connectivity index is 1.30. The van der Waals surface area contributed by atoms with Gasteiger partial charge in [-0.05, 0) is 24.7 Å². The Bertz CT molecular complexity index is 776. The molecule has 1 saturated carbocycles. The number of aryl methyl sites for hydroxylation is 1. The van der Waals surface area contributed by atoms with Crippen LogP contribution in [-0.2, 0) is 7.05 Å². The van der Waals surface area contributed by atoms with Crippen molar-refractivity contribution >= 4 is 22.8 Å². The van der Waals surface area contributed by atoms with Gasteiger partial charge in [-0.1, -0.05) is 6.42 Å². The third-order valence-electron chi connectivity index (χ3n) is 5.59. The molecule has 3 heterocycles. The van der Waals surface area contributed by atoms with Gasteiger partial charge in [-0.25, -0.2) is 9.97 Å². The molecule has 2 aliphatic rings. The molecule has 0 atom stereocenters. The summed E-state index contributed by atoms with van der Waals surface area (Å²) in [7, 11) is 3.75.